The highest BCUT2D eigenvalue weighted by molar-refractivity contribution is 7.12. The van der Waals surface area contributed by atoms with E-state index in [0.717, 1.165) is 42.6 Å². The number of benzene rings is 1. The van der Waals surface area contributed by atoms with Crippen molar-refractivity contribution < 1.29 is 14.5 Å². The van der Waals surface area contributed by atoms with Gasteiger partial charge in [-0.25, -0.2) is 0 Å². The second-order valence-electron chi connectivity index (χ2n) is 8.98. The Morgan fingerprint density at radius 2 is 1.83 bits per heavy atom. The van der Waals surface area contributed by atoms with Crippen LogP contribution in [0.3, 0.4) is 0 Å². The Hall–Kier alpha value is -2.41. The fraction of sp³-hybridized carbons (Fsp3) is 0.500. The number of carbonyl (C=O) groups excluding carboxylic acids is 1. The van der Waals surface area contributed by atoms with Crippen molar-refractivity contribution in [3.8, 4) is 5.75 Å². The number of nitro benzene ring substituents is 1. The number of para-hydroxylation sites is 2. The first kappa shape index (κ1) is 18.6. The number of thiophene rings is 1. The third kappa shape index (κ3) is 3.64. The van der Waals surface area contributed by atoms with E-state index in [1.807, 2.05) is 11.4 Å². The minimum Gasteiger partial charge on any atom is -0.482 e. The van der Waals surface area contributed by atoms with E-state index in [1.54, 1.807) is 18.2 Å². The molecule has 1 aromatic carbocycles. The number of nitrogens with zero attached hydrogens (tertiary/aromatic N) is 1. The van der Waals surface area contributed by atoms with Gasteiger partial charge in [-0.2, -0.15) is 0 Å². The molecule has 0 aliphatic heterocycles. The molecule has 4 saturated carbocycles. The molecule has 0 atom stereocenters. The minimum absolute atomic E-state index is 0.00284. The first-order valence-corrected chi connectivity index (χ1v) is 11.1. The van der Waals surface area contributed by atoms with Crippen molar-refractivity contribution in [3.63, 3.8) is 0 Å². The zero-order chi connectivity index (χ0) is 20.0. The average molecular weight is 413 g/mol. The molecule has 4 aliphatic rings. The third-order valence-electron chi connectivity index (χ3n) is 6.75. The number of nitro groups is 1. The Bertz CT molecular complexity index is 919. The third-order valence-corrected chi connectivity index (χ3v) is 7.73. The monoisotopic (exact) mass is 412 g/mol. The second kappa shape index (κ2) is 7.13. The van der Waals surface area contributed by atoms with Gasteiger partial charge >= 0.3 is 5.69 Å². The largest absolute Gasteiger partial charge is 0.482 e. The molecular weight excluding hydrogens is 388 g/mol. The Morgan fingerprint density at radius 3 is 2.48 bits per heavy atom. The molecule has 1 N–H and O–H groups in total. The van der Waals surface area contributed by atoms with E-state index < -0.39 is 4.92 Å². The summed E-state index contributed by atoms with van der Waals surface area (Å²) in [6.45, 7) is 0.200. The highest BCUT2D eigenvalue weighted by Crippen LogP contribution is 2.55. The van der Waals surface area contributed by atoms with Gasteiger partial charge in [-0.3, -0.25) is 14.9 Å². The van der Waals surface area contributed by atoms with E-state index >= 15 is 0 Å². The van der Waals surface area contributed by atoms with Crippen LogP contribution in [-0.4, -0.2) is 16.4 Å². The van der Waals surface area contributed by atoms with Gasteiger partial charge in [0.15, 0.2) is 5.75 Å². The lowest BCUT2D eigenvalue weighted by molar-refractivity contribution is -0.385. The average Bonchev–Trinajstić information content (AvgIpc) is 3.14. The zero-order valence-corrected chi connectivity index (χ0v) is 17.0. The summed E-state index contributed by atoms with van der Waals surface area (Å²) in [5.74, 6) is 2.61. The molecule has 4 fully saturated rings. The van der Waals surface area contributed by atoms with Crippen LogP contribution in [0.5, 0.6) is 5.75 Å². The highest BCUT2D eigenvalue weighted by Gasteiger charge is 2.51. The first-order chi connectivity index (χ1) is 14.0. The molecule has 2 aromatic rings. The summed E-state index contributed by atoms with van der Waals surface area (Å²) in [5.41, 5.74) is 0.795. The molecule has 6 rings (SSSR count). The topological polar surface area (TPSA) is 81.5 Å². The predicted molar refractivity (Wildman–Crippen MR) is 110 cm³/mol. The van der Waals surface area contributed by atoms with Gasteiger partial charge in [-0.15, -0.1) is 11.3 Å². The fourth-order valence-electron chi connectivity index (χ4n) is 6.03. The molecule has 4 aliphatic carbocycles. The normalized spacial score (nSPS) is 29.6. The molecule has 1 aromatic heterocycles. The van der Waals surface area contributed by atoms with Crippen molar-refractivity contribution in [1.82, 2.24) is 5.32 Å². The number of carbonyl (C=O) groups is 1. The van der Waals surface area contributed by atoms with Crippen LogP contribution in [0.15, 0.2) is 35.7 Å². The Kier molecular flexibility index (Phi) is 4.57. The summed E-state index contributed by atoms with van der Waals surface area (Å²) in [6, 6.07) is 8.18. The molecule has 0 radical (unpaired) electrons. The van der Waals surface area contributed by atoms with Gasteiger partial charge in [-0.1, -0.05) is 12.1 Å². The van der Waals surface area contributed by atoms with Crippen LogP contribution in [0.25, 0.3) is 0 Å². The van der Waals surface area contributed by atoms with Crippen LogP contribution < -0.4 is 10.1 Å². The van der Waals surface area contributed by atoms with E-state index in [2.05, 4.69) is 5.32 Å². The van der Waals surface area contributed by atoms with E-state index in [0.29, 0.717) is 4.88 Å². The van der Waals surface area contributed by atoms with Crippen molar-refractivity contribution in [1.29, 1.82) is 0 Å². The predicted octanol–water partition coefficient (Wildman–Crippen LogP) is 4.93. The fourth-order valence-corrected chi connectivity index (χ4v) is 6.82. The van der Waals surface area contributed by atoms with E-state index in [9.17, 15) is 14.9 Å². The lowest BCUT2D eigenvalue weighted by atomic mass is 9.53. The molecule has 7 heteroatoms. The van der Waals surface area contributed by atoms with Gasteiger partial charge in [0, 0.05) is 17.2 Å². The van der Waals surface area contributed by atoms with Crippen LogP contribution in [0.1, 0.15) is 53.8 Å². The molecule has 152 valence electrons. The first-order valence-electron chi connectivity index (χ1n) is 10.3. The molecule has 29 heavy (non-hydrogen) atoms. The van der Waals surface area contributed by atoms with Gasteiger partial charge in [0.05, 0.1) is 9.80 Å². The van der Waals surface area contributed by atoms with Crippen molar-refractivity contribution in [2.75, 3.05) is 0 Å². The second-order valence-corrected chi connectivity index (χ2v) is 9.90. The van der Waals surface area contributed by atoms with E-state index in [-0.39, 0.29) is 29.5 Å². The SMILES string of the molecule is O=C(NC12CC3CC(CC(C3)C1)C2)c1cc(COc2ccccc2[N+](=O)[O-])cs1. The standard InChI is InChI=1S/C22H24N2O4S/c25-21(23-22-9-14-5-15(10-22)7-16(6-14)11-22)20-8-17(13-29-20)12-28-19-4-2-1-3-18(19)24(26)27/h1-4,8,13-16H,5-7,9-12H2,(H,23,25). The number of hydrogen-bond donors (Lipinski definition) is 1. The highest BCUT2D eigenvalue weighted by atomic mass is 32.1. The number of nitrogens with one attached hydrogen (secondary N) is 1. The number of hydrogen-bond acceptors (Lipinski definition) is 5. The maximum Gasteiger partial charge on any atom is 0.310 e. The van der Waals surface area contributed by atoms with Crippen molar-refractivity contribution in [2.24, 2.45) is 17.8 Å². The van der Waals surface area contributed by atoms with Crippen LogP contribution >= 0.6 is 11.3 Å². The lowest BCUT2D eigenvalue weighted by Gasteiger charge is -2.56. The van der Waals surface area contributed by atoms with Gasteiger partial charge in [0.2, 0.25) is 0 Å². The molecule has 6 nitrogen and oxygen atoms in total. The maximum absolute atomic E-state index is 12.9. The zero-order valence-electron chi connectivity index (χ0n) is 16.1. The van der Waals surface area contributed by atoms with Gasteiger partial charge < -0.3 is 10.1 Å². The van der Waals surface area contributed by atoms with E-state index in [1.165, 1.54) is 36.7 Å². The summed E-state index contributed by atoms with van der Waals surface area (Å²) in [6.07, 6.45) is 7.43. The number of rotatable bonds is 6. The van der Waals surface area contributed by atoms with Crippen LogP contribution in [0, 0.1) is 27.9 Å². The molecule has 0 unspecified atom stereocenters. The molecule has 0 saturated heterocycles. The summed E-state index contributed by atoms with van der Waals surface area (Å²) >= 11 is 1.41. The Morgan fingerprint density at radius 1 is 1.17 bits per heavy atom. The van der Waals surface area contributed by atoms with Gasteiger partial charge in [-0.05, 0) is 73.8 Å². The number of ether oxygens (including phenoxy) is 1. The summed E-state index contributed by atoms with van der Waals surface area (Å²) in [7, 11) is 0. The van der Waals surface area contributed by atoms with Crippen molar-refractivity contribution >= 4 is 22.9 Å². The van der Waals surface area contributed by atoms with Crippen LogP contribution in [-0.2, 0) is 6.61 Å². The van der Waals surface area contributed by atoms with Crippen LogP contribution in [0.4, 0.5) is 5.69 Å². The Labute approximate surface area is 173 Å². The Balaban J connectivity index is 1.24. The van der Waals surface area contributed by atoms with E-state index in [4.69, 9.17) is 4.74 Å². The molecule has 0 spiro atoms. The van der Waals surface area contributed by atoms with Crippen LogP contribution in [0.2, 0.25) is 0 Å². The van der Waals surface area contributed by atoms with Crippen molar-refractivity contribution in [3.05, 3.63) is 56.3 Å². The van der Waals surface area contributed by atoms with Gasteiger partial charge in [0.25, 0.3) is 5.91 Å². The molecular formula is C22H24N2O4S. The summed E-state index contributed by atoms with van der Waals surface area (Å²) < 4.78 is 5.64. The quantitative estimate of drug-likeness (QED) is 0.538. The molecule has 1 heterocycles. The molecule has 4 bridgehead atoms. The summed E-state index contributed by atoms with van der Waals surface area (Å²) in [4.78, 5) is 24.3. The summed E-state index contributed by atoms with van der Waals surface area (Å²) in [5, 5.41) is 16.4. The van der Waals surface area contributed by atoms with Gasteiger partial charge in [0.1, 0.15) is 6.61 Å². The lowest BCUT2D eigenvalue weighted by Crippen LogP contribution is -2.59. The number of amides is 1. The molecule has 1 amide bonds. The minimum atomic E-state index is -0.451. The maximum atomic E-state index is 12.9. The van der Waals surface area contributed by atoms with Crippen molar-refractivity contribution in [2.45, 2.75) is 50.7 Å². The smallest absolute Gasteiger partial charge is 0.310 e.